The van der Waals surface area contributed by atoms with E-state index in [1.807, 2.05) is 7.05 Å². The van der Waals surface area contributed by atoms with Gasteiger partial charge in [0.2, 0.25) is 0 Å². The Morgan fingerprint density at radius 1 is 1.00 bits per heavy atom. The summed E-state index contributed by atoms with van der Waals surface area (Å²) in [5.74, 6) is 0.611. The lowest BCUT2D eigenvalue weighted by Crippen LogP contribution is -2.22. The van der Waals surface area contributed by atoms with Crippen LogP contribution in [0.3, 0.4) is 0 Å². The normalized spacial score (nSPS) is 14.1. The minimum Gasteiger partial charge on any atom is -0.313 e. The zero-order chi connectivity index (χ0) is 13.1. The molecule has 1 aromatic carbocycles. The van der Waals surface area contributed by atoms with Crippen LogP contribution in [0.15, 0.2) is 24.3 Å². The number of benzene rings is 1. The molecule has 1 unspecified atom stereocenters. The molecule has 1 nitrogen and oxygen atoms in total. The molecule has 1 N–H and O–H groups in total. The molecule has 0 aromatic heterocycles. The van der Waals surface area contributed by atoms with E-state index in [1.165, 1.54) is 11.1 Å². The highest BCUT2D eigenvalue weighted by Crippen LogP contribution is 2.29. The molecule has 1 rings (SSSR count). The second-order valence-corrected chi connectivity index (χ2v) is 6.43. The van der Waals surface area contributed by atoms with E-state index in [-0.39, 0.29) is 0 Å². The van der Waals surface area contributed by atoms with Gasteiger partial charge in [-0.2, -0.15) is 0 Å². The topological polar surface area (TPSA) is 12.0 Å². The lowest BCUT2D eigenvalue weighted by molar-refractivity contribution is 0.321. The lowest BCUT2D eigenvalue weighted by Gasteiger charge is -2.26. The summed E-state index contributed by atoms with van der Waals surface area (Å²) in [4.78, 5) is 0. The van der Waals surface area contributed by atoms with Crippen molar-refractivity contribution < 1.29 is 0 Å². The first-order valence-corrected chi connectivity index (χ1v) is 6.60. The maximum absolute atomic E-state index is 3.42. The van der Waals surface area contributed by atoms with E-state index in [2.05, 4.69) is 64.2 Å². The third-order valence-corrected chi connectivity index (χ3v) is 3.17. The third kappa shape index (κ3) is 4.51. The van der Waals surface area contributed by atoms with E-state index in [4.69, 9.17) is 0 Å². The van der Waals surface area contributed by atoms with Crippen molar-refractivity contribution in [1.82, 2.24) is 5.32 Å². The lowest BCUT2D eigenvalue weighted by atomic mass is 9.85. The van der Waals surface area contributed by atoms with Crippen LogP contribution < -0.4 is 5.32 Å². The van der Waals surface area contributed by atoms with Crippen molar-refractivity contribution in [2.75, 3.05) is 7.05 Å². The SMILES string of the molecule is CNC(CC(C)(C)C)c1ccc(C(C)C)cc1. The molecule has 0 heterocycles. The maximum Gasteiger partial charge on any atom is 0.0322 e. The van der Waals surface area contributed by atoms with Crippen molar-refractivity contribution in [1.29, 1.82) is 0 Å². The number of nitrogens with one attached hydrogen (secondary N) is 1. The van der Waals surface area contributed by atoms with Crippen LogP contribution in [0.25, 0.3) is 0 Å². The molecule has 0 spiro atoms. The maximum atomic E-state index is 3.42. The van der Waals surface area contributed by atoms with Gasteiger partial charge in [0.15, 0.2) is 0 Å². The van der Waals surface area contributed by atoms with Gasteiger partial charge < -0.3 is 5.32 Å². The molecule has 0 aliphatic rings. The standard InChI is InChI=1S/C16H27N/c1-12(2)13-7-9-14(10-8-13)15(17-6)11-16(3,4)5/h7-10,12,15,17H,11H2,1-6H3. The highest BCUT2D eigenvalue weighted by atomic mass is 14.9. The van der Waals surface area contributed by atoms with E-state index in [9.17, 15) is 0 Å². The Morgan fingerprint density at radius 2 is 1.47 bits per heavy atom. The molecular formula is C16H27N. The van der Waals surface area contributed by atoms with Crippen molar-refractivity contribution >= 4 is 0 Å². The van der Waals surface area contributed by atoms with E-state index >= 15 is 0 Å². The summed E-state index contributed by atoms with van der Waals surface area (Å²) in [5, 5.41) is 3.42. The smallest absolute Gasteiger partial charge is 0.0322 e. The van der Waals surface area contributed by atoms with Crippen LogP contribution in [0.5, 0.6) is 0 Å². The van der Waals surface area contributed by atoms with Crippen LogP contribution in [-0.4, -0.2) is 7.05 Å². The minimum atomic E-state index is 0.352. The second-order valence-electron chi connectivity index (χ2n) is 6.43. The number of hydrogen-bond donors (Lipinski definition) is 1. The van der Waals surface area contributed by atoms with Crippen molar-refractivity contribution in [3.63, 3.8) is 0 Å². The number of hydrogen-bond acceptors (Lipinski definition) is 1. The first-order chi connectivity index (χ1) is 7.83. The van der Waals surface area contributed by atoms with Gasteiger partial charge in [-0.15, -0.1) is 0 Å². The molecule has 1 aromatic rings. The number of rotatable bonds is 4. The quantitative estimate of drug-likeness (QED) is 0.807. The summed E-state index contributed by atoms with van der Waals surface area (Å²) < 4.78 is 0. The van der Waals surface area contributed by atoms with E-state index in [1.54, 1.807) is 0 Å². The molecule has 0 bridgehead atoms. The fourth-order valence-electron chi connectivity index (χ4n) is 2.11. The summed E-state index contributed by atoms with van der Waals surface area (Å²) in [6.45, 7) is 11.3. The van der Waals surface area contributed by atoms with Crippen LogP contribution in [-0.2, 0) is 0 Å². The van der Waals surface area contributed by atoms with Crippen molar-refractivity contribution in [3.8, 4) is 0 Å². The van der Waals surface area contributed by atoms with Gasteiger partial charge in [-0.1, -0.05) is 58.9 Å². The van der Waals surface area contributed by atoms with Gasteiger partial charge in [0.25, 0.3) is 0 Å². The van der Waals surface area contributed by atoms with Gasteiger partial charge in [0, 0.05) is 6.04 Å². The Bertz CT molecular complexity index is 330. The Morgan fingerprint density at radius 3 is 1.82 bits per heavy atom. The van der Waals surface area contributed by atoms with Crippen LogP contribution in [0, 0.1) is 5.41 Å². The van der Waals surface area contributed by atoms with Crippen molar-refractivity contribution in [3.05, 3.63) is 35.4 Å². The van der Waals surface area contributed by atoms with E-state index in [0.29, 0.717) is 17.4 Å². The average molecular weight is 233 g/mol. The van der Waals surface area contributed by atoms with Gasteiger partial charge >= 0.3 is 0 Å². The molecule has 0 aliphatic heterocycles. The Balaban J connectivity index is 2.82. The Hall–Kier alpha value is -0.820. The van der Waals surface area contributed by atoms with Gasteiger partial charge in [-0.3, -0.25) is 0 Å². The van der Waals surface area contributed by atoms with Gasteiger partial charge in [0.05, 0.1) is 0 Å². The van der Waals surface area contributed by atoms with Gasteiger partial charge in [-0.25, -0.2) is 0 Å². The summed E-state index contributed by atoms with van der Waals surface area (Å²) in [6, 6.07) is 9.50. The van der Waals surface area contributed by atoms with Gasteiger partial charge in [-0.05, 0) is 35.9 Å². The molecule has 96 valence electrons. The summed E-state index contributed by atoms with van der Waals surface area (Å²) in [6.07, 6.45) is 1.16. The first-order valence-electron chi connectivity index (χ1n) is 6.60. The van der Waals surface area contributed by atoms with Gasteiger partial charge in [0.1, 0.15) is 0 Å². The molecular weight excluding hydrogens is 206 g/mol. The summed E-state index contributed by atoms with van der Waals surface area (Å²) in [5.41, 5.74) is 3.16. The third-order valence-electron chi connectivity index (χ3n) is 3.17. The fourth-order valence-corrected chi connectivity index (χ4v) is 2.11. The first kappa shape index (κ1) is 14.2. The highest BCUT2D eigenvalue weighted by molar-refractivity contribution is 5.27. The van der Waals surface area contributed by atoms with Crippen LogP contribution in [0.2, 0.25) is 0 Å². The molecule has 0 fully saturated rings. The monoisotopic (exact) mass is 233 g/mol. The van der Waals surface area contributed by atoms with Crippen LogP contribution >= 0.6 is 0 Å². The molecule has 1 heteroatoms. The predicted molar refractivity (Wildman–Crippen MR) is 76.4 cm³/mol. The molecule has 0 saturated heterocycles. The summed E-state index contributed by atoms with van der Waals surface area (Å²) >= 11 is 0. The summed E-state index contributed by atoms with van der Waals surface area (Å²) in [7, 11) is 2.05. The molecule has 0 aliphatic carbocycles. The van der Waals surface area contributed by atoms with Crippen molar-refractivity contribution in [2.45, 2.75) is 53.0 Å². The molecule has 0 amide bonds. The predicted octanol–water partition coefficient (Wildman–Crippen LogP) is 4.51. The molecule has 17 heavy (non-hydrogen) atoms. The largest absolute Gasteiger partial charge is 0.313 e. The van der Waals surface area contributed by atoms with E-state index in [0.717, 1.165) is 6.42 Å². The van der Waals surface area contributed by atoms with Crippen LogP contribution in [0.4, 0.5) is 0 Å². The molecule has 0 radical (unpaired) electrons. The Kier molecular flexibility index (Phi) is 4.76. The molecule has 1 atom stereocenters. The Labute approximate surface area is 107 Å². The zero-order valence-electron chi connectivity index (χ0n) is 12.2. The second kappa shape index (κ2) is 5.68. The minimum absolute atomic E-state index is 0.352. The van der Waals surface area contributed by atoms with Crippen LogP contribution in [0.1, 0.15) is 64.1 Å². The average Bonchev–Trinajstić information content (AvgIpc) is 2.25. The molecule has 0 saturated carbocycles. The van der Waals surface area contributed by atoms with E-state index < -0.39 is 0 Å². The highest BCUT2D eigenvalue weighted by Gasteiger charge is 2.18. The fraction of sp³-hybridized carbons (Fsp3) is 0.625. The zero-order valence-corrected chi connectivity index (χ0v) is 12.2. The van der Waals surface area contributed by atoms with Crippen molar-refractivity contribution in [2.24, 2.45) is 5.41 Å².